The van der Waals surface area contributed by atoms with E-state index in [9.17, 15) is 14.9 Å². The maximum atomic E-state index is 13.6. The van der Waals surface area contributed by atoms with Crippen molar-refractivity contribution in [2.24, 2.45) is 11.8 Å². The van der Waals surface area contributed by atoms with Crippen LogP contribution < -0.4 is 5.32 Å². The maximum Gasteiger partial charge on any atom is 0.223 e. The van der Waals surface area contributed by atoms with Crippen molar-refractivity contribution in [2.75, 3.05) is 46.4 Å². The molecular weight excluding hydrogens is 512 g/mol. The lowest BCUT2D eigenvalue weighted by atomic mass is 9.78. The zero-order chi connectivity index (χ0) is 28.9. The number of nitrogens with one attached hydrogen (secondary N) is 1. The normalized spacial score (nSPS) is 18.3. The Labute approximate surface area is 245 Å². The average Bonchev–Trinajstić information content (AvgIpc) is 3.02. The molecule has 7 heteroatoms. The molecule has 2 fully saturated rings. The molecule has 1 aliphatic carbocycles. The number of carbonyl (C=O) groups is 2. The number of nitriles is 1. The van der Waals surface area contributed by atoms with Gasteiger partial charge in [0.05, 0.1) is 24.7 Å². The SMILES string of the molecule is CN(Cc1ccccc1)CC(C#N)(CCNC(=O)C(CC(=O)N1CCOCC1)CC1CCCCC1)c1ccccc1. The molecule has 2 atom stereocenters. The Morgan fingerprint density at radius 1 is 1.05 bits per heavy atom. The summed E-state index contributed by atoms with van der Waals surface area (Å²) in [7, 11) is 2.04. The molecule has 2 amide bonds. The lowest BCUT2D eigenvalue weighted by Gasteiger charge is -2.33. The number of amides is 2. The van der Waals surface area contributed by atoms with Gasteiger partial charge in [-0.3, -0.25) is 9.59 Å². The number of benzene rings is 2. The molecule has 0 radical (unpaired) electrons. The van der Waals surface area contributed by atoms with Crippen LogP contribution in [-0.4, -0.2) is 68.1 Å². The van der Waals surface area contributed by atoms with Crippen molar-refractivity contribution in [3.63, 3.8) is 0 Å². The van der Waals surface area contributed by atoms with E-state index in [1.807, 2.05) is 60.5 Å². The van der Waals surface area contributed by atoms with E-state index in [0.717, 1.165) is 31.4 Å². The molecule has 2 aromatic carbocycles. The second-order valence-corrected chi connectivity index (χ2v) is 11.9. The van der Waals surface area contributed by atoms with Crippen LogP contribution in [0.5, 0.6) is 0 Å². The minimum absolute atomic E-state index is 0.0439. The van der Waals surface area contributed by atoms with E-state index in [4.69, 9.17) is 4.74 Å². The molecule has 7 nitrogen and oxygen atoms in total. The first-order chi connectivity index (χ1) is 20.0. The van der Waals surface area contributed by atoms with Gasteiger partial charge in [-0.15, -0.1) is 0 Å². The molecule has 2 aliphatic rings. The number of hydrogen-bond acceptors (Lipinski definition) is 5. The molecule has 220 valence electrons. The molecule has 0 aromatic heterocycles. The van der Waals surface area contributed by atoms with E-state index < -0.39 is 5.41 Å². The summed E-state index contributed by atoms with van der Waals surface area (Å²) in [5, 5.41) is 13.7. The molecule has 4 rings (SSSR count). The van der Waals surface area contributed by atoms with Crippen LogP contribution in [0.25, 0.3) is 0 Å². The first-order valence-electron chi connectivity index (χ1n) is 15.3. The molecule has 41 heavy (non-hydrogen) atoms. The molecule has 1 saturated carbocycles. The smallest absolute Gasteiger partial charge is 0.223 e. The van der Waals surface area contributed by atoms with Crippen molar-refractivity contribution in [2.45, 2.75) is 63.3 Å². The van der Waals surface area contributed by atoms with Crippen molar-refractivity contribution in [3.8, 4) is 6.07 Å². The lowest BCUT2D eigenvalue weighted by molar-refractivity contribution is -0.139. The van der Waals surface area contributed by atoms with Crippen LogP contribution in [0, 0.1) is 23.2 Å². The van der Waals surface area contributed by atoms with E-state index in [1.54, 1.807) is 0 Å². The van der Waals surface area contributed by atoms with Crippen molar-refractivity contribution in [3.05, 3.63) is 71.8 Å². The standard InChI is InChI=1S/C34H46N4O3/c1-37(25-29-13-7-3-8-14-29)27-34(26-35,31-15-9-4-10-16-31)17-18-36-33(40)30(23-28-11-5-2-6-12-28)24-32(39)38-19-21-41-22-20-38/h3-4,7-10,13-16,28,30H,2,5-6,11-12,17-25,27H2,1H3,(H,36,40). The first-order valence-corrected chi connectivity index (χ1v) is 15.3. The van der Waals surface area contributed by atoms with Gasteiger partial charge in [-0.05, 0) is 36.9 Å². The number of rotatable bonds is 13. The molecule has 1 saturated heterocycles. The summed E-state index contributed by atoms with van der Waals surface area (Å²) >= 11 is 0. The van der Waals surface area contributed by atoms with Crippen molar-refractivity contribution >= 4 is 11.8 Å². The summed E-state index contributed by atoms with van der Waals surface area (Å²) in [5.41, 5.74) is 1.37. The topological polar surface area (TPSA) is 85.7 Å². The molecular formula is C34H46N4O3. The Balaban J connectivity index is 1.42. The summed E-state index contributed by atoms with van der Waals surface area (Å²) in [6.07, 6.45) is 7.42. The highest BCUT2D eigenvalue weighted by Crippen LogP contribution is 2.32. The minimum Gasteiger partial charge on any atom is -0.378 e. The van der Waals surface area contributed by atoms with Crippen LogP contribution in [0.4, 0.5) is 0 Å². The molecule has 2 unspecified atom stereocenters. The number of likely N-dealkylation sites (N-methyl/N-ethyl adjacent to an activating group) is 1. The van der Waals surface area contributed by atoms with Crippen molar-refractivity contribution in [1.29, 1.82) is 5.26 Å². The summed E-state index contributed by atoms with van der Waals surface area (Å²) in [6, 6.07) is 22.8. The van der Waals surface area contributed by atoms with E-state index in [1.165, 1.54) is 24.8 Å². The third-order valence-corrected chi connectivity index (χ3v) is 8.72. The Hall–Kier alpha value is -3.21. The van der Waals surface area contributed by atoms with Gasteiger partial charge in [0, 0.05) is 45.1 Å². The zero-order valence-electron chi connectivity index (χ0n) is 24.6. The summed E-state index contributed by atoms with van der Waals surface area (Å²) in [4.78, 5) is 30.8. The highest BCUT2D eigenvalue weighted by molar-refractivity contribution is 5.85. The maximum absolute atomic E-state index is 13.6. The molecule has 0 bridgehead atoms. The van der Waals surface area contributed by atoms with Crippen LogP contribution in [0.3, 0.4) is 0 Å². The summed E-state index contributed by atoms with van der Waals surface area (Å²) in [5.74, 6) is 0.130. The first kappa shape index (κ1) is 30.7. The summed E-state index contributed by atoms with van der Waals surface area (Å²) < 4.78 is 5.41. The average molecular weight is 559 g/mol. The fraction of sp³-hybridized carbons (Fsp3) is 0.559. The van der Waals surface area contributed by atoms with Gasteiger partial charge in [0.15, 0.2) is 0 Å². The Bertz CT molecular complexity index is 1120. The van der Waals surface area contributed by atoms with Gasteiger partial charge >= 0.3 is 0 Å². The Morgan fingerprint density at radius 3 is 2.37 bits per heavy atom. The van der Waals surface area contributed by atoms with Gasteiger partial charge in [0.25, 0.3) is 0 Å². The third kappa shape index (κ3) is 9.14. The summed E-state index contributed by atoms with van der Waals surface area (Å²) in [6.45, 7) is 3.95. The van der Waals surface area contributed by atoms with Crippen molar-refractivity contribution in [1.82, 2.24) is 15.1 Å². The number of morpholine rings is 1. The van der Waals surface area contributed by atoms with E-state index in [0.29, 0.717) is 51.7 Å². The van der Waals surface area contributed by atoms with E-state index in [-0.39, 0.29) is 24.2 Å². The minimum atomic E-state index is -0.777. The molecule has 0 spiro atoms. The molecule has 1 N–H and O–H groups in total. The number of hydrogen-bond donors (Lipinski definition) is 1. The van der Waals surface area contributed by atoms with Crippen LogP contribution >= 0.6 is 0 Å². The van der Waals surface area contributed by atoms with Gasteiger partial charge in [0.1, 0.15) is 0 Å². The fourth-order valence-electron chi connectivity index (χ4n) is 6.44. The van der Waals surface area contributed by atoms with Gasteiger partial charge < -0.3 is 19.9 Å². The second kappa shape index (κ2) is 15.7. The van der Waals surface area contributed by atoms with Crippen LogP contribution in [0.15, 0.2) is 60.7 Å². The van der Waals surface area contributed by atoms with Crippen molar-refractivity contribution < 1.29 is 14.3 Å². The highest BCUT2D eigenvalue weighted by Gasteiger charge is 2.35. The van der Waals surface area contributed by atoms with Gasteiger partial charge in [-0.1, -0.05) is 92.8 Å². The molecule has 1 aliphatic heterocycles. The number of carbonyl (C=O) groups excluding carboxylic acids is 2. The second-order valence-electron chi connectivity index (χ2n) is 11.9. The highest BCUT2D eigenvalue weighted by atomic mass is 16.5. The Kier molecular flexibility index (Phi) is 11.8. The largest absolute Gasteiger partial charge is 0.378 e. The van der Waals surface area contributed by atoms with E-state index in [2.05, 4.69) is 28.4 Å². The third-order valence-electron chi connectivity index (χ3n) is 8.72. The van der Waals surface area contributed by atoms with Gasteiger partial charge in [-0.2, -0.15) is 5.26 Å². The lowest BCUT2D eigenvalue weighted by Crippen LogP contribution is -2.44. The van der Waals surface area contributed by atoms with Gasteiger partial charge in [0.2, 0.25) is 11.8 Å². The molecule has 1 heterocycles. The Morgan fingerprint density at radius 2 is 1.71 bits per heavy atom. The van der Waals surface area contributed by atoms with Gasteiger partial charge in [-0.25, -0.2) is 0 Å². The predicted molar refractivity (Wildman–Crippen MR) is 161 cm³/mol. The molecule has 2 aromatic rings. The van der Waals surface area contributed by atoms with E-state index >= 15 is 0 Å². The number of nitrogens with zero attached hydrogens (tertiary/aromatic N) is 3. The monoisotopic (exact) mass is 558 g/mol. The van der Waals surface area contributed by atoms with Crippen LogP contribution in [0.1, 0.15) is 62.5 Å². The zero-order valence-corrected chi connectivity index (χ0v) is 24.6. The van der Waals surface area contributed by atoms with Crippen LogP contribution in [0.2, 0.25) is 0 Å². The predicted octanol–water partition coefficient (Wildman–Crippen LogP) is 4.92. The fourth-order valence-corrected chi connectivity index (χ4v) is 6.44. The van der Waals surface area contributed by atoms with Crippen LogP contribution in [-0.2, 0) is 26.3 Å². The number of ether oxygens (including phenoxy) is 1. The quantitative estimate of drug-likeness (QED) is 0.377.